The molecule has 1 aliphatic heterocycles. The minimum Gasteiger partial charge on any atom is -0.444 e. The van der Waals surface area contributed by atoms with Gasteiger partial charge in [0.05, 0.1) is 5.92 Å². The van der Waals surface area contributed by atoms with Crippen molar-refractivity contribution in [2.45, 2.75) is 65.0 Å². The number of piperidine rings is 1. The molecule has 1 aromatic carbocycles. The highest BCUT2D eigenvalue weighted by Crippen LogP contribution is 2.22. The van der Waals surface area contributed by atoms with Crippen LogP contribution in [-0.4, -0.2) is 41.6 Å². The molecular weight excluding hydrogens is 328 g/mol. The standard InChI is InChI=1S/C21H32N2O3/c1-16(15-22-20(25)26-21(2,3)4)19(24)23-13-9-8-12-18(23)14-17-10-6-5-7-11-17/h5-7,10-11,16,18H,8-9,12-15H2,1-4H3,(H,22,25). The Bertz CT molecular complexity index is 595. The molecule has 0 aliphatic carbocycles. The van der Waals surface area contributed by atoms with Gasteiger partial charge in [-0.05, 0) is 52.0 Å². The Morgan fingerprint density at radius 1 is 1.23 bits per heavy atom. The van der Waals surface area contributed by atoms with Crippen molar-refractivity contribution in [3.63, 3.8) is 0 Å². The van der Waals surface area contributed by atoms with E-state index in [0.29, 0.717) is 6.54 Å². The van der Waals surface area contributed by atoms with E-state index < -0.39 is 11.7 Å². The second-order valence-electron chi connectivity index (χ2n) is 8.15. The molecule has 0 bridgehead atoms. The summed E-state index contributed by atoms with van der Waals surface area (Å²) in [6.07, 6.45) is 3.65. The number of hydrogen-bond acceptors (Lipinski definition) is 3. The van der Waals surface area contributed by atoms with Crippen molar-refractivity contribution < 1.29 is 14.3 Å². The molecule has 0 radical (unpaired) electrons. The normalized spacial score (nSPS) is 18.9. The van der Waals surface area contributed by atoms with Gasteiger partial charge in [0.1, 0.15) is 5.60 Å². The average molecular weight is 360 g/mol. The zero-order valence-corrected chi connectivity index (χ0v) is 16.5. The number of likely N-dealkylation sites (tertiary alicyclic amines) is 1. The molecule has 1 aliphatic rings. The van der Waals surface area contributed by atoms with Crippen molar-refractivity contribution in [3.05, 3.63) is 35.9 Å². The number of carbonyl (C=O) groups excluding carboxylic acids is 2. The molecular formula is C21H32N2O3. The smallest absolute Gasteiger partial charge is 0.407 e. The number of hydrogen-bond donors (Lipinski definition) is 1. The van der Waals surface area contributed by atoms with Crippen molar-refractivity contribution in [3.8, 4) is 0 Å². The van der Waals surface area contributed by atoms with Gasteiger partial charge in [-0.2, -0.15) is 0 Å². The highest BCUT2D eigenvalue weighted by Gasteiger charge is 2.30. The van der Waals surface area contributed by atoms with Gasteiger partial charge in [-0.3, -0.25) is 4.79 Å². The highest BCUT2D eigenvalue weighted by molar-refractivity contribution is 5.80. The van der Waals surface area contributed by atoms with Crippen LogP contribution < -0.4 is 5.32 Å². The van der Waals surface area contributed by atoms with E-state index in [1.807, 2.05) is 50.8 Å². The molecule has 144 valence electrons. The summed E-state index contributed by atoms with van der Waals surface area (Å²) in [5.41, 5.74) is 0.724. The van der Waals surface area contributed by atoms with Crippen LogP contribution in [0.1, 0.15) is 52.5 Å². The van der Waals surface area contributed by atoms with Crippen molar-refractivity contribution in [2.75, 3.05) is 13.1 Å². The number of rotatable bonds is 5. The first-order chi connectivity index (χ1) is 12.3. The Balaban J connectivity index is 1.91. The van der Waals surface area contributed by atoms with E-state index in [-0.39, 0.29) is 17.9 Å². The van der Waals surface area contributed by atoms with Gasteiger partial charge < -0.3 is 15.0 Å². The second kappa shape index (κ2) is 9.06. The average Bonchev–Trinajstić information content (AvgIpc) is 2.59. The molecule has 1 fully saturated rings. The maximum absolute atomic E-state index is 12.9. The largest absolute Gasteiger partial charge is 0.444 e. The molecule has 2 rings (SSSR count). The van der Waals surface area contributed by atoms with Crippen molar-refractivity contribution in [1.82, 2.24) is 10.2 Å². The lowest BCUT2D eigenvalue weighted by Gasteiger charge is -2.37. The van der Waals surface area contributed by atoms with Crippen LogP contribution in [0.4, 0.5) is 4.79 Å². The molecule has 2 unspecified atom stereocenters. The number of amides is 2. The third-order valence-corrected chi connectivity index (χ3v) is 4.60. The Hall–Kier alpha value is -2.04. The van der Waals surface area contributed by atoms with Crippen molar-refractivity contribution in [2.24, 2.45) is 5.92 Å². The van der Waals surface area contributed by atoms with E-state index in [0.717, 1.165) is 32.2 Å². The third-order valence-electron chi connectivity index (χ3n) is 4.60. The topological polar surface area (TPSA) is 58.6 Å². The molecule has 0 aromatic heterocycles. The van der Waals surface area contributed by atoms with E-state index in [1.54, 1.807) is 0 Å². The highest BCUT2D eigenvalue weighted by atomic mass is 16.6. The molecule has 1 aromatic rings. The molecule has 1 saturated heterocycles. The monoisotopic (exact) mass is 360 g/mol. The summed E-state index contributed by atoms with van der Waals surface area (Å²) in [5, 5.41) is 2.71. The summed E-state index contributed by atoms with van der Waals surface area (Å²) >= 11 is 0. The van der Waals surface area contributed by atoms with Gasteiger partial charge in [0.15, 0.2) is 0 Å². The van der Waals surface area contributed by atoms with Gasteiger partial charge in [-0.1, -0.05) is 37.3 Å². The lowest BCUT2D eigenvalue weighted by molar-refractivity contribution is -0.138. The number of carbonyl (C=O) groups is 2. The Labute approximate surface area is 157 Å². The van der Waals surface area contributed by atoms with Gasteiger partial charge >= 0.3 is 6.09 Å². The molecule has 1 heterocycles. The summed E-state index contributed by atoms with van der Waals surface area (Å²) in [6.45, 7) is 8.43. The molecule has 0 spiro atoms. The summed E-state index contributed by atoms with van der Waals surface area (Å²) in [4.78, 5) is 26.8. The minimum atomic E-state index is -0.537. The van der Waals surface area contributed by atoms with E-state index in [9.17, 15) is 9.59 Å². The third kappa shape index (κ3) is 6.36. The summed E-state index contributed by atoms with van der Waals surface area (Å²) in [5.74, 6) is -0.152. The molecule has 2 amide bonds. The van der Waals surface area contributed by atoms with E-state index in [1.165, 1.54) is 5.56 Å². The maximum atomic E-state index is 12.9. The number of ether oxygens (including phenoxy) is 1. The predicted octanol–water partition coefficient (Wildman–Crippen LogP) is 3.77. The number of alkyl carbamates (subject to hydrolysis) is 1. The summed E-state index contributed by atoms with van der Waals surface area (Å²) < 4.78 is 5.24. The van der Waals surface area contributed by atoms with Crippen LogP contribution >= 0.6 is 0 Å². The molecule has 26 heavy (non-hydrogen) atoms. The number of benzene rings is 1. The Morgan fingerprint density at radius 2 is 1.92 bits per heavy atom. The quantitative estimate of drug-likeness (QED) is 0.869. The van der Waals surface area contributed by atoms with Crippen LogP contribution in [0, 0.1) is 5.92 Å². The van der Waals surface area contributed by atoms with Crippen LogP contribution in [0.2, 0.25) is 0 Å². The first kappa shape index (κ1) is 20.3. The first-order valence-electron chi connectivity index (χ1n) is 9.57. The summed E-state index contributed by atoms with van der Waals surface area (Å²) in [7, 11) is 0. The van der Waals surface area contributed by atoms with Crippen LogP contribution in [0.15, 0.2) is 30.3 Å². The fourth-order valence-corrected chi connectivity index (χ4v) is 3.31. The van der Waals surface area contributed by atoms with Gasteiger partial charge in [0.25, 0.3) is 0 Å². The van der Waals surface area contributed by atoms with Gasteiger partial charge in [-0.25, -0.2) is 4.79 Å². The molecule has 5 nitrogen and oxygen atoms in total. The van der Waals surface area contributed by atoms with E-state index in [4.69, 9.17) is 4.74 Å². The molecule has 1 N–H and O–H groups in total. The van der Waals surface area contributed by atoms with E-state index in [2.05, 4.69) is 17.4 Å². The van der Waals surface area contributed by atoms with Crippen LogP contribution in [0.3, 0.4) is 0 Å². The fraction of sp³-hybridized carbons (Fsp3) is 0.619. The van der Waals surface area contributed by atoms with Crippen molar-refractivity contribution >= 4 is 12.0 Å². The first-order valence-corrected chi connectivity index (χ1v) is 9.57. The number of nitrogens with zero attached hydrogens (tertiary/aromatic N) is 1. The van der Waals surface area contributed by atoms with Crippen LogP contribution in [-0.2, 0) is 16.0 Å². The van der Waals surface area contributed by atoms with Crippen molar-refractivity contribution in [1.29, 1.82) is 0 Å². The molecule has 5 heteroatoms. The lowest BCUT2D eigenvalue weighted by Crippen LogP contribution is -2.49. The van der Waals surface area contributed by atoms with E-state index >= 15 is 0 Å². The Kier molecular flexibility index (Phi) is 7.06. The van der Waals surface area contributed by atoms with Gasteiger partial charge in [0.2, 0.25) is 5.91 Å². The molecule has 2 atom stereocenters. The second-order valence-corrected chi connectivity index (χ2v) is 8.15. The number of nitrogens with one attached hydrogen (secondary N) is 1. The van der Waals surface area contributed by atoms with Gasteiger partial charge in [0, 0.05) is 19.1 Å². The SMILES string of the molecule is CC(CNC(=O)OC(C)(C)C)C(=O)N1CCCCC1Cc1ccccc1. The lowest BCUT2D eigenvalue weighted by atomic mass is 9.94. The van der Waals surface area contributed by atoms with Gasteiger partial charge in [-0.15, -0.1) is 0 Å². The molecule has 0 saturated carbocycles. The Morgan fingerprint density at radius 3 is 2.58 bits per heavy atom. The minimum absolute atomic E-state index is 0.113. The maximum Gasteiger partial charge on any atom is 0.407 e. The van der Waals surface area contributed by atoms with Crippen LogP contribution in [0.5, 0.6) is 0 Å². The fourth-order valence-electron chi connectivity index (χ4n) is 3.31. The predicted molar refractivity (Wildman–Crippen MR) is 103 cm³/mol. The summed E-state index contributed by atoms with van der Waals surface area (Å²) in [6, 6.07) is 10.6. The zero-order valence-electron chi connectivity index (χ0n) is 16.5. The van der Waals surface area contributed by atoms with Crippen LogP contribution in [0.25, 0.3) is 0 Å². The zero-order chi connectivity index (χ0) is 19.2.